The van der Waals surface area contributed by atoms with Crippen molar-refractivity contribution in [2.75, 3.05) is 6.16 Å². The first kappa shape index (κ1) is 23.4. The lowest BCUT2D eigenvalue weighted by atomic mass is 10.0. The first-order chi connectivity index (χ1) is 11.4. The van der Waals surface area contributed by atoms with Crippen LogP contribution in [0.3, 0.4) is 0 Å². The highest BCUT2D eigenvalue weighted by molar-refractivity contribution is 7.16. The SMILES string of the molecule is CCCCCCCCCCCCCCCCCCCCCC[P]. The van der Waals surface area contributed by atoms with Crippen LogP contribution < -0.4 is 0 Å². The number of hydrogen-bond donors (Lipinski definition) is 0. The molecule has 1 heteroatoms. The molecule has 0 unspecified atom stereocenters. The molecule has 0 heterocycles. The molecule has 0 atom stereocenters. The summed E-state index contributed by atoms with van der Waals surface area (Å²) in [5.41, 5.74) is 0. The number of hydrogen-bond acceptors (Lipinski definition) is 0. The van der Waals surface area contributed by atoms with Crippen LogP contribution in [0.15, 0.2) is 0 Å². The molecular weight excluding hydrogens is 295 g/mol. The Morgan fingerprint density at radius 1 is 0.348 bits per heavy atom. The molecular formula is C22H45P. The largest absolute Gasteiger partial charge is 0.0654 e. The van der Waals surface area contributed by atoms with Crippen LogP contribution in [-0.2, 0) is 0 Å². The third kappa shape index (κ3) is 22.4. The summed E-state index contributed by atoms with van der Waals surface area (Å²) < 4.78 is 0. The van der Waals surface area contributed by atoms with Crippen molar-refractivity contribution >= 4 is 9.24 Å². The van der Waals surface area contributed by atoms with Crippen LogP contribution in [0.1, 0.15) is 135 Å². The third-order valence-electron chi connectivity index (χ3n) is 5.01. The van der Waals surface area contributed by atoms with Crippen LogP contribution in [0.4, 0.5) is 0 Å². The molecule has 2 radical (unpaired) electrons. The Bertz CT molecular complexity index is 170. The van der Waals surface area contributed by atoms with E-state index in [0.717, 1.165) is 6.16 Å². The van der Waals surface area contributed by atoms with Gasteiger partial charge in [0.15, 0.2) is 0 Å². The summed E-state index contributed by atoms with van der Waals surface area (Å²) in [5.74, 6) is 0. The van der Waals surface area contributed by atoms with Crippen molar-refractivity contribution in [3.63, 3.8) is 0 Å². The van der Waals surface area contributed by atoms with Gasteiger partial charge in [-0.25, -0.2) is 0 Å². The molecule has 23 heavy (non-hydrogen) atoms. The molecule has 0 spiro atoms. The van der Waals surface area contributed by atoms with Gasteiger partial charge >= 0.3 is 0 Å². The standard InChI is InChI=1S/C22H45P/c1-2-3-4-5-6-7-8-9-10-11-12-13-14-15-16-17-18-19-20-21-22-23/h2-22H2,1H3. The molecule has 0 aliphatic heterocycles. The summed E-state index contributed by atoms with van der Waals surface area (Å²) in [5, 5.41) is 0. The Kier molecular flexibility index (Phi) is 22.8. The van der Waals surface area contributed by atoms with Crippen LogP contribution in [0, 0.1) is 0 Å². The lowest BCUT2D eigenvalue weighted by Crippen LogP contribution is -1.84. The van der Waals surface area contributed by atoms with E-state index >= 15 is 0 Å². The Morgan fingerprint density at radius 2 is 0.565 bits per heavy atom. The smallest absolute Gasteiger partial charge is 0.0242 e. The van der Waals surface area contributed by atoms with Gasteiger partial charge in [-0.2, -0.15) is 0 Å². The molecule has 0 aliphatic rings. The molecule has 0 bridgehead atoms. The van der Waals surface area contributed by atoms with Gasteiger partial charge < -0.3 is 0 Å². The Balaban J connectivity index is 2.92. The summed E-state index contributed by atoms with van der Waals surface area (Å²) in [6, 6.07) is 0. The zero-order valence-corrected chi connectivity index (χ0v) is 17.2. The summed E-state index contributed by atoms with van der Waals surface area (Å²) in [6.07, 6.45) is 30.2. The van der Waals surface area contributed by atoms with Crippen molar-refractivity contribution in [1.82, 2.24) is 0 Å². The minimum absolute atomic E-state index is 1.07. The van der Waals surface area contributed by atoms with Crippen LogP contribution >= 0.6 is 9.24 Å². The fourth-order valence-electron chi connectivity index (χ4n) is 3.37. The van der Waals surface area contributed by atoms with Crippen molar-refractivity contribution in [2.24, 2.45) is 0 Å². The molecule has 0 rings (SSSR count). The van der Waals surface area contributed by atoms with Gasteiger partial charge in [0.2, 0.25) is 0 Å². The van der Waals surface area contributed by atoms with Crippen LogP contribution in [0.2, 0.25) is 0 Å². The van der Waals surface area contributed by atoms with E-state index in [9.17, 15) is 0 Å². The van der Waals surface area contributed by atoms with E-state index in [-0.39, 0.29) is 0 Å². The van der Waals surface area contributed by atoms with Gasteiger partial charge in [0.1, 0.15) is 0 Å². The third-order valence-corrected chi connectivity index (χ3v) is 5.33. The minimum Gasteiger partial charge on any atom is -0.0654 e. The van der Waals surface area contributed by atoms with E-state index in [4.69, 9.17) is 0 Å². The van der Waals surface area contributed by atoms with Crippen molar-refractivity contribution in [3.8, 4) is 0 Å². The fourth-order valence-corrected chi connectivity index (χ4v) is 3.59. The fraction of sp³-hybridized carbons (Fsp3) is 1.00. The van der Waals surface area contributed by atoms with Gasteiger partial charge in [0.05, 0.1) is 0 Å². The topological polar surface area (TPSA) is 0 Å². The predicted octanol–water partition coefficient (Wildman–Crippen LogP) is 9.22. The molecule has 0 aromatic carbocycles. The molecule has 138 valence electrons. The van der Waals surface area contributed by atoms with Gasteiger partial charge in [0, 0.05) is 0 Å². The van der Waals surface area contributed by atoms with Crippen LogP contribution in [0.5, 0.6) is 0 Å². The first-order valence-electron chi connectivity index (χ1n) is 11.0. The number of rotatable bonds is 20. The Hall–Kier alpha value is 0.430. The quantitative estimate of drug-likeness (QED) is 0.153. The van der Waals surface area contributed by atoms with Crippen molar-refractivity contribution in [3.05, 3.63) is 0 Å². The van der Waals surface area contributed by atoms with Crippen molar-refractivity contribution < 1.29 is 0 Å². The van der Waals surface area contributed by atoms with Gasteiger partial charge in [-0.15, -0.1) is 0 Å². The summed E-state index contributed by atoms with van der Waals surface area (Å²) in [4.78, 5) is 0. The number of unbranched alkanes of at least 4 members (excludes halogenated alkanes) is 19. The average molecular weight is 341 g/mol. The molecule has 0 nitrogen and oxygen atoms in total. The van der Waals surface area contributed by atoms with Gasteiger partial charge in [0.25, 0.3) is 0 Å². The van der Waals surface area contributed by atoms with Gasteiger partial charge in [-0.1, -0.05) is 129 Å². The maximum absolute atomic E-state index is 4.26. The average Bonchev–Trinajstić information content (AvgIpc) is 2.57. The summed E-state index contributed by atoms with van der Waals surface area (Å²) >= 11 is 0. The summed E-state index contributed by atoms with van der Waals surface area (Å²) in [7, 11) is 4.26. The van der Waals surface area contributed by atoms with E-state index in [1.807, 2.05) is 0 Å². The molecule has 0 N–H and O–H groups in total. The second-order valence-corrected chi connectivity index (χ2v) is 7.89. The van der Waals surface area contributed by atoms with E-state index in [1.165, 1.54) is 128 Å². The molecule has 0 saturated carbocycles. The highest BCUT2D eigenvalue weighted by Crippen LogP contribution is 2.14. The van der Waals surface area contributed by atoms with E-state index in [1.54, 1.807) is 0 Å². The normalized spacial score (nSPS) is 11.2. The van der Waals surface area contributed by atoms with Gasteiger partial charge in [-0.3, -0.25) is 0 Å². The van der Waals surface area contributed by atoms with E-state index < -0.39 is 0 Å². The highest BCUT2D eigenvalue weighted by atomic mass is 31.0. The van der Waals surface area contributed by atoms with Crippen LogP contribution in [0.25, 0.3) is 0 Å². The summed E-state index contributed by atoms with van der Waals surface area (Å²) in [6.45, 7) is 2.30. The molecule has 0 amide bonds. The van der Waals surface area contributed by atoms with Crippen molar-refractivity contribution in [1.29, 1.82) is 0 Å². The van der Waals surface area contributed by atoms with Crippen LogP contribution in [-0.4, -0.2) is 6.16 Å². The maximum atomic E-state index is 4.26. The van der Waals surface area contributed by atoms with Crippen molar-refractivity contribution in [2.45, 2.75) is 135 Å². The zero-order chi connectivity index (χ0) is 16.8. The first-order valence-corrected chi connectivity index (χ1v) is 11.7. The molecule has 0 fully saturated rings. The molecule has 0 aromatic heterocycles. The zero-order valence-electron chi connectivity index (χ0n) is 16.3. The maximum Gasteiger partial charge on any atom is -0.0242 e. The Morgan fingerprint density at radius 3 is 0.783 bits per heavy atom. The highest BCUT2D eigenvalue weighted by Gasteiger charge is 1.95. The molecule has 0 saturated heterocycles. The molecule has 0 aromatic rings. The second-order valence-electron chi connectivity index (χ2n) is 7.44. The molecule has 0 aliphatic carbocycles. The lowest BCUT2D eigenvalue weighted by molar-refractivity contribution is 0.523. The lowest BCUT2D eigenvalue weighted by Gasteiger charge is -2.04. The second kappa shape index (κ2) is 22.4. The minimum atomic E-state index is 1.07. The van der Waals surface area contributed by atoms with Gasteiger partial charge in [-0.05, 0) is 21.8 Å². The van der Waals surface area contributed by atoms with E-state index in [0.29, 0.717) is 0 Å². The Labute approximate surface area is 151 Å². The predicted molar refractivity (Wildman–Crippen MR) is 110 cm³/mol. The van der Waals surface area contributed by atoms with E-state index in [2.05, 4.69) is 16.2 Å². The monoisotopic (exact) mass is 340 g/mol.